The van der Waals surface area contributed by atoms with Crippen LogP contribution in [-0.4, -0.2) is 49.9 Å². The third-order valence-corrected chi connectivity index (χ3v) is 6.01. The van der Waals surface area contributed by atoms with Crippen LogP contribution in [-0.2, 0) is 27.9 Å². The van der Waals surface area contributed by atoms with Crippen molar-refractivity contribution in [2.75, 3.05) is 33.0 Å². The molecule has 32 heavy (non-hydrogen) atoms. The van der Waals surface area contributed by atoms with Crippen LogP contribution >= 0.6 is 7.82 Å². The highest BCUT2D eigenvalue weighted by Gasteiger charge is 2.25. The molecule has 0 fully saturated rings. The molecule has 0 bridgehead atoms. The van der Waals surface area contributed by atoms with E-state index in [1.807, 2.05) is 0 Å². The first kappa shape index (κ1) is 31.5. The maximum Gasteiger partial charge on any atom is 0.472 e. The van der Waals surface area contributed by atoms with Crippen LogP contribution in [0.4, 0.5) is 0 Å². The summed E-state index contributed by atoms with van der Waals surface area (Å²) in [7, 11) is -4.23. The lowest BCUT2D eigenvalue weighted by atomic mass is 10.1. The van der Waals surface area contributed by atoms with Crippen molar-refractivity contribution in [3.63, 3.8) is 0 Å². The monoisotopic (exact) mass is 481 g/mol. The van der Waals surface area contributed by atoms with Gasteiger partial charge in [0.25, 0.3) is 0 Å². The summed E-state index contributed by atoms with van der Waals surface area (Å²) in [6.07, 6.45) is 14.7. The number of unbranched alkanes of at least 4 members (excludes halogenated alkanes) is 11. The summed E-state index contributed by atoms with van der Waals surface area (Å²) in [6.45, 7) is 4.71. The molecule has 0 aromatic heterocycles. The number of hydrogen-bond donors (Lipinski definition) is 2. The molecule has 8 nitrogen and oxygen atoms in total. The zero-order valence-electron chi connectivity index (χ0n) is 20.4. The zero-order valence-corrected chi connectivity index (χ0v) is 21.3. The van der Waals surface area contributed by atoms with E-state index in [4.69, 9.17) is 24.3 Å². The van der Waals surface area contributed by atoms with E-state index in [9.17, 15) is 14.3 Å². The summed E-state index contributed by atoms with van der Waals surface area (Å²) in [5.41, 5.74) is 5.27. The summed E-state index contributed by atoms with van der Waals surface area (Å²) >= 11 is 0. The molecule has 0 saturated carbocycles. The molecule has 0 rings (SSSR count). The Morgan fingerprint density at radius 3 is 1.97 bits per heavy atom. The van der Waals surface area contributed by atoms with E-state index in [0.717, 1.165) is 32.1 Å². The number of esters is 1. The maximum absolute atomic E-state index is 12.0. The molecule has 3 N–H and O–H groups in total. The first-order valence-corrected chi connectivity index (χ1v) is 14.0. The zero-order chi connectivity index (χ0) is 23.9. The van der Waals surface area contributed by atoms with Crippen LogP contribution in [0.3, 0.4) is 0 Å². The number of phosphoric acid groups is 1. The lowest BCUT2D eigenvalue weighted by Gasteiger charge is -2.20. The van der Waals surface area contributed by atoms with E-state index in [-0.39, 0.29) is 32.3 Å². The number of phosphoric ester groups is 1. The average molecular weight is 482 g/mol. The van der Waals surface area contributed by atoms with Gasteiger partial charge in [-0.25, -0.2) is 4.57 Å². The fraction of sp³-hybridized carbons (Fsp3) is 0.957. The smallest absolute Gasteiger partial charge is 0.457 e. The predicted octanol–water partition coefficient (Wildman–Crippen LogP) is 5.51. The van der Waals surface area contributed by atoms with Crippen molar-refractivity contribution in [1.29, 1.82) is 0 Å². The third-order valence-electron chi connectivity index (χ3n) is 5.02. The van der Waals surface area contributed by atoms with E-state index >= 15 is 0 Å². The van der Waals surface area contributed by atoms with Gasteiger partial charge in [-0.1, -0.05) is 84.5 Å². The van der Waals surface area contributed by atoms with Crippen molar-refractivity contribution in [2.45, 2.75) is 110 Å². The molecule has 0 spiro atoms. The molecule has 0 radical (unpaired) electrons. The van der Waals surface area contributed by atoms with E-state index in [2.05, 4.69) is 13.8 Å². The Labute approximate surface area is 195 Å². The maximum atomic E-state index is 12.0. The molecule has 0 aliphatic carbocycles. The largest absolute Gasteiger partial charge is 0.472 e. The van der Waals surface area contributed by atoms with Crippen molar-refractivity contribution < 1.29 is 32.8 Å². The topological polar surface area (TPSA) is 117 Å². The molecule has 0 aromatic carbocycles. The highest BCUT2D eigenvalue weighted by molar-refractivity contribution is 7.47. The minimum atomic E-state index is -4.23. The second kappa shape index (κ2) is 22.3. The van der Waals surface area contributed by atoms with Gasteiger partial charge >= 0.3 is 13.8 Å². The fourth-order valence-electron chi connectivity index (χ4n) is 3.17. The Balaban J connectivity index is 4.10. The van der Waals surface area contributed by atoms with Crippen molar-refractivity contribution >= 4 is 13.8 Å². The van der Waals surface area contributed by atoms with Crippen LogP contribution in [0.5, 0.6) is 0 Å². The lowest BCUT2D eigenvalue weighted by Crippen LogP contribution is -2.28. The molecule has 0 amide bonds. The molecule has 0 aromatic rings. The van der Waals surface area contributed by atoms with Crippen molar-refractivity contribution in [2.24, 2.45) is 5.73 Å². The average Bonchev–Trinajstić information content (AvgIpc) is 2.77. The Bertz CT molecular complexity index is 479. The molecule has 9 heteroatoms. The van der Waals surface area contributed by atoms with Crippen molar-refractivity contribution in [3.8, 4) is 0 Å². The van der Waals surface area contributed by atoms with Gasteiger partial charge in [-0.3, -0.25) is 13.8 Å². The fourth-order valence-corrected chi connectivity index (χ4v) is 3.93. The molecule has 2 atom stereocenters. The highest BCUT2D eigenvalue weighted by atomic mass is 31.2. The second-order valence-electron chi connectivity index (χ2n) is 8.21. The lowest BCUT2D eigenvalue weighted by molar-refractivity contribution is -0.154. The molecular formula is C23H48NO7P. The number of ether oxygens (including phenoxy) is 2. The van der Waals surface area contributed by atoms with E-state index in [1.54, 1.807) is 0 Å². The predicted molar refractivity (Wildman–Crippen MR) is 127 cm³/mol. The molecule has 0 heterocycles. The van der Waals surface area contributed by atoms with Gasteiger partial charge in [0.2, 0.25) is 0 Å². The molecule has 192 valence electrons. The van der Waals surface area contributed by atoms with E-state index in [1.165, 1.54) is 51.4 Å². The summed E-state index contributed by atoms with van der Waals surface area (Å²) < 4.78 is 32.5. The summed E-state index contributed by atoms with van der Waals surface area (Å²) in [4.78, 5) is 21.7. The van der Waals surface area contributed by atoms with Gasteiger partial charge < -0.3 is 20.1 Å². The minimum Gasteiger partial charge on any atom is -0.457 e. The molecule has 0 saturated heterocycles. The van der Waals surface area contributed by atoms with E-state index < -0.39 is 13.9 Å². The number of carbonyl (C=O) groups excluding carboxylic acids is 1. The van der Waals surface area contributed by atoms with Gasteiger partial charge in [-0.2, -0.15) is 0 Å². The summed E-state index contributed by atoms with van der Waals surface area (Å²) in [5.74, 6) is -0.356. The van der Waals surface area contributed by atoms with Crippen LogP contribution in [0.1, 0.15) is 104 Å². The van der Waals surface area contributed by atoms with Gasteiger partial charge in [-0.05, 0) is 12.8 Å². The standard InChI is InChI=1S/C23H48NO7P/c1-3-5-7-8-9-10-11-12-13-15-18-28-20-22(31-23(25)16-14-6-4-2)21-30-32(26,27)29-19-17-24/h22H,3-21,24H2,1-2H3,(H,26,27). The Morgan fingerprint density at radius 1 is 0.812 bits per heavy atom. The second-order valence-corrected chi connectivity index (χ2v) is 9.67. The first-order chi connectivity index (χ1) is 15.4. The third kappa shape index (κ3) is 21.4. The van der Waals surface area contributed by atoms with Crippen molar-refractivity contribution in [1.82, 2.24) is 0 Å². The van der Waals surface area contributed by atoms with Gasteiger partial charge in [0.05, 0.1) is 19.8 Å². The molecule has 0 aliphatic heterocycles. The van der Waals surface area contributed by atoms with Gasteiger partial charge in [0, 0.05) is 19.6 Å². The minimum absolute atomic E-state index is 0.0928. The van der Waals surface area contributed by atoms with Gasteiger partial charge in [0.15, 0.2) is 0 Å². The van der Waals surface area contributed by atoms with Crippen molar-refractivity contribution in [3.05, 3.63) is 0 Å². The Kier molecular flexibility index (Phi) is 22.0. The van der Waals surface area contributed by atoms with Crippen LogP contribution in [0.2, 0.25) is 0 Å². The van der Waals surface area contributed by atoms with Crippen LogP contribution < -0.4 is 5.73 Å². The first-order valence-electron chi connectivity index (χ1n) is 12.5. The number of hydrogen-bond acceptors (Lipinski definition) is 7. The van der Waals surface area contributed by atoms with Crippen LogP contribution in [0.15, 0.2) is 0 Å². The summed E-state index contributed by atoms with van der Waals surface area (Å²) in [5, 5.41) is 0. The van der Waals surface area contributed by atoms with Gasteiger partial charge in [-0.15, -0.1) is 0 Å². The normalized spacial score (nSPS) is 14.2. The van der Waals surface area contributed by atoms with Gasteiger partial charge in [0.1, 0.15) is 6.10 Å². The number of rotatable bonds is 24. The van der Waals surface area contributed by atoms with Crippen LogP contribution in [0, 0.1) is 0 Å². The molecule has 0 aliphatic rings. The number of carbonyl (C=O) groups is 1. The Morgan fingerprint density at radius 2 is 1.38 bits per heavy atom. The SMILES string of the molecule is CCCCCCCCCCCCOCC(COP(=O)(O)OCCN)OC(=O)CCCCC. The van der Waals surface area contributed by atoms with Crippen LogP contribution in [0.25, 0.3) is 0 Å². The molecular weight excluding hydrogens is 433 g/mol. The quantitative estimate of drug-likeness (QED) is 0.105. The van der Waals surface area contributed by atoms with E-state index in [0.29, 0.717) is 13.0 Å². The highest BCUT2D eigenvalue weighted by Crippen LogP contribution is 2.43. The Hall–Kier alpha value is -0.500. The molecule has 2 unspecified atom stereocenters. The summed E-state index contributed by atoms with van der Waals surface area (Å²) in [6, 6.07) is 0. The number of nitrogens with two attached hydrogens (primary N) is 1.